The van der Waals surface area contributed by atoms with Crippen molar-refractivity contribution >= 4 is 6.08 Å². The van der Waals surface area contributed by atoms with Crippen molar-refractivity contribution in [3.8, 4) is 56.4 Å². The zero-order chi connectivity index (χ0) is 30.5. The third-order valence-electron chi connectivity index (χ3n) is 9.22. The molecule has 3 nitrogen and oxygen atoms in total. The average Bonchev–Trinajstić information content (AvgIpc) is 3.14. The Bertz CT molecular complexity index is 2200. The van der Waals surface area contributed by atoms with Gasteiger partial charge in [0.2, 0.25) is 0 Å². The molecule has 0 saturated heterocycles. The van der Waals surface area contributed by atoms with Gasteiger partial charge in [-0.25, -0.2) is 15.0 Å². The molecular weight excluding hydrogens is 558 g/mol. The maximum atomic E-state index is 5.08. The van der Waals surface area contributed by atoms with Crippen LogP contribution in [0.25, 0.3) is 62.5 Å². The predicted octanol–water partition coefficient (Wildman–Crippen LogP) is 10.3. The van der Waals surface area contributed by atoms with Crippen LogP contribution >= 0.6 is 0 Å². The number of allylic oxidation sites excluding steroid dienone is 7. The summed E-state index contributed by atoms with van der Waals surface area (Å²) in [4.78, 5) is 15.1. The molecular formula is C43H29N3. The van der Waals surface area contributed by atoms with E-state index in [1.165, 1.54) is 33.4 Å². The summed E-state index contributed by atoms with van der Waals surface area (Å²) < 4.78 is 0. The Morgan fingerprint density at radius 2 is 1.07 bits per heavy atom. The average molecular weight is 588 g/mol. The van der Waals surface area contributed by atoms with Gasteiger partial charge < -0.3 is 0 Å². The summed E-state index contributed by atoms with van der Waals surface area (Å²) in [5.41, 5.74) is 14.5. The topological polar surface area (TPSA) is 38.7 Å². The van der Waals surface area contributed by atoms with E-state index in [2.05, 4.69) is 121 Å². The maximum Gasteiger partial charge on any atom is 0.164 e. The fourth-order valence-corrected chi connectivity index (χ4v) is 7.01. The van der Waals surface area contributed by atoms with E-state index in [1.54, 1.807) is 0 Å². The lowest BCUT2D eigenvalue weighted by Crippen LogP contribution is -2.17. The van der Waals surface area contributed by atoms with Gasteiger partial charge in [0.15, 0.2) is 17.5 Å². The van der Waals surface area contributed by atoms with E-state index in [9.17, 15) is 0 Å². The first kappa shape index (κ1) is 26.5. The second-order valence-electron chi connectivity index (χ2n) is 12.0. The summed E-state index contributed by atoms with van der Waals surface area (Å²) in [5.74, 6) is 2.27. The monoisotopic (exact) mass is 587 g/mol. The second kappa shape index (κ2) is 10.9. The van der Waals surface area contributed by atoms with Crippen LogP contribution < -0.4 is 0 Å². The molecule has 0 amide bonds. The minimum atomic E-state index is 0.302. The van der Waals surface area contributed by atoms with E-state index < -0.39 is 0 Å². The Morgan fingerprint density at radius 1 is 0.478 bits per heavy atom. The number of hydrogen-bond acceptors (Lipinski definition) is 3. The standard InChI is InChI=1S/C43H29N3/c1-4-11-28(12-5-1)34-25-35(37-23-21-31-20-19-29-17-10-18-30-22-24-38(37)40(31)39(29)30)27-36(26-34)43-45-41(32-13-6-2-7-14-32)44-42(46-43)33-15-8-3-9-16-33/h1-19,21-27,39H,20H2. The van der Waals surface area contributed by atoms with Crippen molar-refractivity contribution in [3.63, 3.8) is 0 Å². The van der Waals surface area contributed by atoms with Gasteiger partial charge in [-0.05, 0) is 74.7 Å². The molecule has 1 aromatic heterocycles. The minimum absolute atomic E-state index is 0.302. The van der Waals surface area contributed by atoms with E-state index in [-0.39, 0.29) is 0 Å². The minimum Gasteiger partial charge on any atom is -0.208 e. The Morgan fingerprint density at radius 3 is 1.74 bits per heavy atom. The van der Waals surface area contributed by atoms with Crippen LogP contribution in [0.15, 0.2) is 163 Å². The second-order valence-corrected chi connectivity index (χ2v) is 12.0. The Labute approximate surface area is 268 Å². The van der Waals surface area contributed by atoms with Crippen LogP contribution in [0.3, 0.4) is 0 Å². The van der Waals surface area contributed by atoms with Crippen molar-refractivity contribution in [2.24, 2.45) is 0 Å². The van der Waals surface area contributed by atoms with Crippen molar-refractivity contribution in [3.05, 3.63) is 180 Å². The summed E-state index contributed by atoms with van der Waals surface area (Å²) in [7, 11) is 0. The zero-order valence-corrected chi connectivity index (χ0v) is 25.1. The van der Waals surface area contributed by atoms with Crippen molar-refractivity contribution in [1.29, 1.82) is 0 Å². The summed E-state index contributed by atoms with van der Waals surface area (Å²) in [6, 6.07) is 42.3. The molecule has 216 valence electrons. The van der Waals surface area contributed by atoms with Gasteiger partial charge in [-0.2, -0.15) is 0 Å². The number of nitrogens with zero attached hydrogens (tertiary/aromatic N) is 3. The molecule has 9 rings (SSSR count). The van der Waals surface area contributed by atoms with Crippen LogP contribution in [0.1, 0.15) is 22.6 Å². The predicted molar refractivity (Wildman–Crippen MR) is 188 cm³/mol. The molecule has 0 aliphatic heterocycles. The van der Waals surface area contributed by atoms with Crippen LogP contribution in [-0.2, 0) is 6.42 Å². The number of rotatable bonds is 5. The van der Waals surface area contributed by atoms with Crippen molar-refractivity contribution in [2.45, 2.75) is 12.3 Å². The van der Waals surface area contributed by atoms with Crippen molar-refractivity contribution in [1.82, 2.24) is 15.0 Å². The SMILES string of the molecule is C1=CC2=CCc3ccc(-c4cc(-c5ccccc5)cc(-c5nc(-c6ccccc6)nc(-c6ccccc6)n5)c4)c4c3C2C(=C1)C=C4. The van der Waals surface area contributed by atoms with Crippen LogP contribution in [0.5, 0.6) is 0 Å². The first-order chi connectivity index (χ1) is 22.8. The largest absolute Gasteiger partial charge is 0.208 e. The fourth-order valence-electron chi connectivity index (χ4n) is 7.01. The van der Waals surface area contributed by atoms with Crippen LogP contribution in [0.2, 0.25) is 0 Å². The van der Waals surface area contributed by atoms with E-state index in [0.29, 0.717) is 23.4 Å². The van der Waals surface area contributed by atoms with Gasteiger partial charge in [0, 0.05) is 22.6 Å². The quantitative estimate of drug-likeness (QED) is 0.201. The van der Waals surface area contributed by atoms with E-state index in [4.69, 9.17) is 15.0 Å². The van der Waals surface area contributed by atoms with Gasteiger partial charge in [-0.3, -0.25) is 0 Å². The molecule has 46 heavy (non-hydrogen) atoms. The smallest absolute Gasteiger partial charge is 0.164 e. The van der Waals surface area contributed by atoms with Crippen molar-refractivity contribution in [2.75, 3.05) is 0 Å². The molecule has 3 aliphatic rings. The highest BCUT2D eigenvalue weighted by atomic mass is 15.0. The zero-order valence-electron chi connectivity index (χ0n) is 25.1. The first-order valence-corrected chi connectivity index (χ1v) is 15.8. The lowest BCUT2D eigenvalue weighted by Gasteiger charge is -2.34. The molecule has 0 spiro atoms. The summed E-state index contributed by atoms with van der Waals surface area (Å²) >= 11 is 0. The number of benzene rings is 5. The van der Waals surface area contributed by atoms with Gasteiger partial charge >= 0.3 is 0 Å². The number of hydrogen-bond donors (Lipinski definition) is 0. The molecule has 0 bridgehead atoms. The molecule has 3 heteroatoms. The summed E-state index contributed by atoms with van der Waals surface area (Å²) in [6.45, 7) is 0. The van der Waals surface area contributed by atoms with E-state index in [1.807, 2.05) is 36.4 Å². The van der Waals surface area contributed by atoms with Crippen molar-refractivity contribution < 1.29 is 0 Å². The fraction of sp³-hybridized carbons (Fsp3) is 0.0465. The highest BCUT2D eigenvalue weighted by Crippen LogP contribution is 2.48. The molecule has 0 N–H and O–H groups in total. The molecule has 0 saturated carbocycles. The van der Waals surface area contributed by atoms with Gasteiger partial charge in [-0.1, -0.05) is 140 Å². The van der Waals surface area contributed by atoms with Gasteiger partial charge in [0.05, 0.1) is 0 Å². The molecule has 1 heterocycles. The molecule has 0 radical (unpaired) electrons. The van der Waals surface area contributed by atoms with Crippen LogP contribution in [-0.4, -0.2) is 15.0 Å². The molecule has 1 atom stereocenters. The Balaban J connectivity index is 1.27. The van der Waals surface area contributed by atoms with Gasteiger partial charge in [0.25, 0.3) is 0 Å². The molecule has 0 fully saturated rings. The van der Waals surface area contributed by atoms with E-state index >= 15 is 0 Å². The maximum absolute atomic E-state index is 5.08. The Hall–Kier alpha value is -5.93. The third kappa shape index (κ3) is 4.56. The summed E-state index contributed by atoms with van der Waals surface area (Å²) in [6.07, 6.45) is 14.7. The summed E-state index contributed by atoms with van der Waals surface area (Å²) in [5, 5.41) is 0. The van der Waals surface area contributed by atoms with Gasteiger partial charge in [-0.15, -0.1) is 0 Å². The lowest BCUT2D eigenvalue weighted by molar-refractivity contribution is 0.893. The highest BCUT2D eigenvalue weighted by molar-refractivity contribution is 5.87. The van der Waals surface area contributed by atoms with Crippen LogP contribution in [0.4, 0.5) is 0 Å². The molecule has 5 aromatic carbocycles. The molecule has 1 unspecified atom stereocenters. The van der Waals surface area contributed by atoms with Gasteiger partial charge in [0.1, 0.15) is 0 Å². The van der Waals surface area contributed by atoms with Crippen LogP contribution in [0, 0.1) is 0 Å². The number of aromatic nitrogens is 3. The van der Waals surface area contributed by atoms with E-state index in [0.717, 1.165) is 39.8 Å². The lowest BCUT2D eigenvalue weighted by atomic mass is 9.70. The normalized spacial score (nSPS) is 15.6. The molecule has 6 aromatic rings. The first-order valence-electron chi connectivity index (χ1n) is 15.8. The molecule has 3 aliphatic carbocycles. The highest BCUT2D eigenvalue weighted by Gasteiger charge is 2.31. The Kier molecular flexibility index (Phi) is 6.27. The third-order valence-corrected chi connectivity index (χ3v) is 9.22.